The molecule has 0 radical (unpaired) electrons. The van der Waals surface area contributed by atoms with Gasteiger partial charge in [0.05, 0.1) is 12.5 Å². The molecule has 0 unspecified atom stereocenters. The number of nitrogens with one attached hydrogen (secondary N) is 1. The van der Waals surface area contributed by atoms with E-state index in [2.05, 4.69) is 17.1 Å². The lowest BCUT2D eigenvalue weighted by molar-refractivity contribution is -0.130. The third-order valence-electron chi connectivity index (χ3n) is 5.29. The highest BCUT2D eigenvalue weighted by molar-refractivity contribution is 5.81. The minimum absolute atomic E-state index is 0.00399. The molecule has 25 heavy (non-hydrogen) atoms. The molecule has 1 aromatic carbocycles. The van der Waals surface area contributed by atoms with Gasteiger partial charge in [-0.15, -0.1) is 0 Å². The molecule has 0 aromatic heterocycles. The van der Waals surface area contributed by atoms with Crippen LogP contribution < -0.4 is 5.32 Å². The van der Waals surface area contributed by atoms with Crippen molar-refractivity contribution in [3.63, 3.8) is 0 Å². The van der Waals surface area contributed by atoms with Gasteiger partial charge in [0, 0.05) is 25.7 Å². The van der Waals surface area contributed by atoms with Gasteiger partial charge < -0.3 is 10.2 Å². The number of fused-ring (bicyclic) bond motifs is 1. The highest BCUT2D eigenvalue weighted by Gasteiger charge is 2.29. The fourth-order valence-electron chi connectivity index (χ4n) is 3.94. The monoisotopic (exact) mass is 341 g/mol. The van der Waals surface area contributed by atoms with E-state index < -0.39 is 0 Å². The first kappa shape index (κ1) is 17.7. The Kier molecular flexibility index (Phi) is 5.53. The Balaban J connectivity index is 1.66. The maximum absolute atomic E-state index is 12.5. The molecular weight excluding hydrogens is 314 g/mol. The Labute approximate surface area is 149 Å². The summed E-state index contributed by atoms with van der Waals surface area (Å²) in [5, 5.41) is 3.08. The second kappa shape index (κ2) is 7.83. The van der Waals surface area contributed by atoms with Crippen LogP contribution >= 0.6 is 0 Å². The lowest BCUT2D eigenvalue weighted by Crippen LogP contribution is -2.41. The molecule has 0 bridgehead atoms. The van der Waals surface area contributed by atoms with Crippen molar-refractivity contribution in [1.29, 1.82) is 0 Å². The molecule has 2 aliphatic heterocycles. The van der Waals surface area contributed by atoms with E-state index in [1.165, 1.54) is 6.42 Å². The van der Waals surface area contributed by atoms with Gasteiger partial charge in [0.25, 0.3) is 0 Å². The fraction of sp³-hybridized carbons (Fsp3) is 0.500. The number of amides is 2. The van der Waals surface area contributed by atoms with Crippen LogP contribution in [0.1, 0.15) is 50.3 Å². The summed E-state index contributed by atoms with van der Waals surface area (Å²) in [5.74, 6) is -0.0409. The van der Waals surface area contributed by atoms with Crippen LogP contribution in [0, 0.1) is 0 Å². The van der Waals surface area contributed by atoms with Crippen LogP contribution in [-0.4, -0.2) is 47.3 Å². The van der Waals surface area contributed by atoms with Crippen molar-refractivity contribution in [2.24, 2.45) is 0 Å². The molecule has 0 saturated carbocycles. The van der Waals surface area contributed by atoms with Crippen molar-refractivity contribution in [2.75, 3.05) is 19.6 Å². The Morgan fingerprint density at radius 2 is 2.08 bits per heavy atom. The number of carbonyl (C=O) groups is 2. The summed E-state index contributed by atoms with van der Waals surface area (Å²) in [6.45, 7) is 6.54. The molecule has 1 fully saturated rings. The van der Waals surface area contributed by atoms with Crippen LogP contribution in [0.4, 0.5) is 0 Å². The van der Waals surface area contributed by atoms with Gasteiger partial charge in [-0.2, -0.15) is 0 Å². The number of likely N-dealkylation sites (tertiary alicyclic amines) is 1. The molecule has 2 aliphatic rings. The number of carbonyl (C=O) groups excluding carboxylic acids is 2. The van der Waals surface area contributed by atoms with E-state index in [0.717, 1.165) is 30.6 Å². The predicted octanol–water partition coefficient (Wildman–Crippen LogP) is 2.55. The van der Waals surface area contributed by atoms with Crippen molar-refractivity contribution in [2.45, 2.75) is 45.2 Å². The number of likely N-dealkylation sites (N-methyl/N-ethyl adjacent to an activating group) is 1. The zero-order chi connectivity index (χ0) is 17.8. The number of hydrogen-bond donors (Lipinski definition) is 1. The zero-order valence-electron chi connectivity index (χ0n) is 15.1. The quantitative estimate of drug-likeness (QED) is 0.895. The normalized spacial score (nSPS) is 22.7. The first-order valence-electron chi connectivity index (χ1n) is 9.17. The summed E-state index contributed by atoms with van der Waals surface area (Å²) in [7, 11) is 0. The molecule has 3 rings (SSSR count). The molecule has 0 aliphatic carbocycles. The molecule has 5 heteroatoms. The van der Waals surface area contributed by atoms with Crippen LogP contribution in [0.25, 0.3) is 6.08 Å². The van der Waals surface area contributed by atoms with Crippen LogP contribution in [0.2, 0.25) is 0 Å². The van der Waals surface area contributed by atoms with Crippen molar-refractivity contribution < 1.29 is 9.59 Å². The van der Waals surface area contributed by atoms with E-state index in [9.17, 15) is 9.59 Å². The lowest BCUT2D eigenvalue weighted by atomic mass is 9.93. The second-order valence-corrected chi connectivity index (χ2v) is 6.82. The number of hydrogen-bond acceptors (Lipinski definition) is 3. The van der Waals surface area contributed by atoms with Gasteiger partial charge in [-0.25, -0.2) is 0 Å². The molecule has 0 spiro atoms. The molecular formula is C20H27N3O2. The summed E-state index contributed by atoms with van der Waals surface area (Å²) in [4.78, 5) is 28.6. The zero-order valence-corrected chi connectivity index (χ0v) is 15.1. The van der Waals surface area contributed by atoms with Gasteiger partial charge in [0.15, 0.2) is 0 Å². The van der Waals surface area contributed by atoms with Crippen molar-refractivity contribution in [1.82, 2.24) is 15.1 Å². The summed E-state index contributed by atoms with van der Waals surface area (Å²) in [5.41, 5.74) is 2.11. The third kappa shape index (κ3) is 3.93. The fourth-order valence-corrected chi connectivity index (χ4v) is 3.94. The Morgan fingerprint density at radius 3 is 2.84 bits per heavy atom. The summed E-state index contributed by atoms with van der Waals surface area (Å²) >= 11 is 0. The smallest absolute Gasteiger partial charge is 0.223 e. The number of rotatable bonds is 5. The highest BCUT2D eigenvalue weighted by Crippen LogP contribution is 2.32. The highest BCUT2D eigenvalue weighted by atomic mass is 16.2. The summed E-state index contributed by atoms with van der Waals surface area (Å²) < 4.78 is 0. The third-order valence-corrected chi connectivity index (χ3v) is 5.29. The van der Waals surface area contributed by atoms with Gasteiger partial charge in [0.2, 0.25) is 11.8 Å². The molecule has 5 nitrogen and oxygen atoms in total. The Bertz CT molecular complexity index is 671. The summed E-state index contributed by atoms with van der Waals surface area (Å²) in [6, 6.07) is 8.16. The molecule has 1 aromatic rings. The molecule has 134 valence electrons. The molecule has 2 atom stereocenters. The van der Waals surface area contributed by atoms with E-state index in [-0.39, 0.29) is 17.9 Å². The van der Waals surface area contributed by atoms with Crippen molar-refractivity contribution in [3.05, 3.63) is 41.6 Å². The van der Waals surface area contributed by atoms with Gasteiger partial charge in [-0.1, -0.05) is 31.2 Å². The van der Waals surface area contributed by atoms with Gasteiger partial charge >= 0.3 is 0 Å². The van der Waals surface area contributed by atoms with Gasteiger partial charge in [-0.3, -0.25) is 14.5 Å². The molecule has 1 saturated heterocycles. The second-order valence-electron chi connectivity index (χ2n) is 6.82. The standard InChI is InChI=1S/C20H27N3O2/c1-3-22-11-6-8-17(22)14-21-20(25)13-19-18-9-5-4-7-16(18)10-12-23(19)15(2)24/h4-5,7,9-10,12,17,19H,3,6,8,11,13-14H2,1-2H3,(H,21,25)/t17-,19+/m1/s1. The van der Waals surface area contributed by atoms with Crippen LogP contribution in [-0.2, 0) is 9.59 Å². The van der Waals surface area contributed by atoms with Crippen LogP contribution in [0.15, 0.2) is 30.5 Å². The minimum atomic E-state index is -0.232. The maximum atomic E-state index is 12.5. The Morgan fingerprint density at radius 1 is 1.28 bits per heavy atom. The molecule has 2 amide bonds. The maximum Gasteiger partial charge on any atom is 0.223 e. The predicted molar refractivity (Wildman–Crippen MR) is 98.6 cm³/mol. The van der Waals surface area contributed by atoms with Crippen molar-refractivity contribution in [3.8, 4) is 0 Å². The van der Waals surface area contributed by atoms with Crippen LogP contribution in [0.5, 0.6) is 0 Å². The van der Waals surface area contributed by atoms with E-state index in [0.29, 0.717) is 19.0 Å². The van der Waals surface area contributed by atoms with E-state index in [4.69, 9.17) is 0 Å². The van der Waals surface area contributed by atoms with Crippen LogP contribution in [0.3, 0.4) is 0 Å². The van der Waals surface area contributed by atoms with E-state index >= 15 is 0 Å². The number of benzene rings is 1. The average Bonchev–Trinajstić information content (AvgIpc) is 3.07. The van der Waals surface area contributed by atoms with Gasteiger partial charge in [-0.05, 0) is 43.1 Å². The first-order valence-corrected chi connectivity index (χ1v) is 9.17. The topological polar surface area (TPSA) is 52.7 Å². The SMILES string of the molecule is CCN1CCC[C@@H]1CNC(=O)C[C@H]1c2ccccc2C=CN1C(C)=O. The molecule has 1 N–H and O–H groups in total. The van der Waals surface area contributed by atoms with E-state index in [1.807, 2.05) is 30.3 Å². The number of nitrogens with zero attached hydrogens (tertiary/aromatic N) is 2. The largest absolute Gasteiger partial charge is 0.354 e. The first-order chi connectivity index (χ1) is 12.1. The van der Waals surface area contributed by atoms with Crippen molar-refractivity contribution >= 4 is 17.9 Å². The molecule has 2 heterocycles. The Hall–Kier alpha value is -2.14. The summed E-state index contributed by atoms with van der Waals surface area (Å²) in [6.07, 6.45) is 6.36. The average molecular weight is 341 g/mol. The van der Waals surface area contributed by atoms with Gasteiger partial charge in [0.1, 0.15) is 0 Å². The lowest BCUT2D eigenvalue weighted by Gasteiger charge is -2.32. The van der Waals surface area contributed by atoms with E-state index in [1.54, 1.807) is 18.0 Å². The minimum Gasteiger partial charge on any atom is -0.354 e.